The normalized spacial score (nSPS) is 14.6. The van der Waals surface area contributed by atoms with Gasteiger partial charge in [-0.1, -0.05) is 30.3 Å². The van der Waals surface area contributed by atoms with Gasteiger partial charge in [0.15, 0.2) is 0 Å². The molecule has 3 rings (SSSR count). The molecule has 0 unspecified atom stereocenters. The Kier molecular flexibility index (Phi) is 5.73. The highest BCUT2D eigenvalue weighted by atomic mass is 35.5. The first-order chi connectivity index (χ1) is 9.83. The van der Waals surface area contributed by atoms with Crippen LogP contribution >= 0.6 is 23.7 Å². The average molecular weight is 324 g/mol. The minimum Gasteiger partial charge on any atom is -0.335 e. The number of benzene rings is 1. The Labute approximate surface area is 134 Å². The molecule has 0 spiro atoms. The number of hydrogen-bond donors (Lipinski definition) is 1. The van der Waals surface area contributed by atoms with E-state index in [1.54, 1.807) is 11.3 Å². The van der Waals surface area contributed by atoms with Crippen molar-refractivity contribution in [3.05, 3.63) is 52.0 Å². The Bertz CT molecular complexity index is 582. The maximum atomic E-state index is 12.3. The van der Waals surface area contributed by atoms with Gasteiger partial charge in [-0.05, 0) is 5.56 Å². The molecule has 1 fully saturated rings. The van der Waals surface area contributed by atoms with E-state index < -0.39 is 0 Å². The van der Waals surface area contributed by atoms with Crippen molar-refractivity contribution in [3.8, 4) is 0 Å². The standard InChI is InChI=1S/C15H17N3OS.ClH/c19-15(18-8-6-16-7-9-18)13-11-20-14(17-13)10-12-4-2-1-3-5-12;/h1-5,11,16H,6-10H2;1H. The highest BCUT2D eigenvalue weighted by Gasteiger charge is 2.20. The highest BCUT2D eigenvalue weighted by molar-refractivity contribution is 7.09. The summed E-state index contributed by atoms with van der Waals surface area (Å²) in [4.78, 5) is 18.7. The van der Waals surface area contributed by atoms with Crippen molar-refractivity contribution in [2.75, 3.05) is 26.2 Å². The molecule has 1 aromatic carbocycles. The fraction of sp³-hybridized carbons (Fsp3) is 0.333. The van der Waals surface area contributed by atoms with E-state index in [0.717, 1.165) is 37.6 Å². The van der Waals surface area contributed by atoms with Gasteiger partial charge < -0.3 is 10.2 Å². The number of nitrogens with zero attached hydrogens (tertiary/aromatic N) is 2. The fourth-order valence-corrected chi connectivity index (χ4v) is 3.09. The van der Waals surface area contributed by atoms with E-state index in [-0.39, 0.29) is 18.3 Å². The summed E-state index contributed by atoms with van der Waals surface area (Å²) in [5.74, 6) is 0.0575. The van der Waals surface area contributed by atoms with Crippen LogP contribution in [0.2, 0.25) is 0 Å². The number of amides is 1. The van der Waals surface area contributed by atoms with Crippen LogP contribution in [-0.4, -0.2) is 42.0 Å². The molecule has 112 valence electrons. The summed E-state index contributed by atoms with van der Waals surface area (Å²) in [5, 5.41) is 6.12. The van der Waals surface area contributed by atoms with Crippen molar-refractivity contribution in [2.24, 2.45) is 0 Å². The van der Waals surface area contributed by atoms with Crippen molar-refractivity contribution < 1.29 is 4.79 Å². The first kappa shape index (κ1) is 15.9. The number of piperazine rings is 1. The number of rotatable bonds is 3. The van der Waals surface area contributed by atoms with Gasteiger partial charge in [0.2, 0.25) is 0 Å². The highest BCUT2D eigenvalue weighted by Crippen LogP contribution is 2.16. The van der Waals surface area contributed by atoms with Crippen LogP contribution in [0.1, 0.15) is 21.1 Å². The Hall–Kier alpha value is -1.43. The number of thiazole rings is 1. The van der Waals surface area contributed by atoms with Crippen LogP contribution in [0, 0.1) is 0 Å². The van der Waals surface area contributed by atoms with Gasteiger partial charge in [0, 0.05) is 38.0 Å². The van der Waals surface area contributed by atoms with Crippen LogP contribution < -0.4 is 5.32 Å². The zero-order valence-corrected chi connectivity index (χ0v) is 13.3. The molecule has 0 atom stereocenters. The predicted octanol–water partition coefficient (Wildman–Crippen LogP) is 2.20. The van der Waals surface area contributed by atoms with Crippen molar-refractivity contribution in [1.82, 2.24) is 15.2 Å². The topological polar surface area (TPSA) is 45.2 Å². The van der Waals surface area contributed by atoms with E-state index in [2.05, 4.69) is 22.4 Å². The average Bonchev–Trinajstić information content (AvgIpc) is 2.97. The van der Waals surface area contributed by atoms with E-state index >= 15 is 0 Å². The summed E-state index contributed by atoms with van der Waals surface area (Å²) >= 11 is 1.56. The fourth-order valence-electron chi connectivity index (χ4n) is 2.29. The molecule has 0 saturated carbocycles. The van der Waals surface area contributed by atoms with Crippen molar-refractivity contribution in [3.63, 3.8) is 0 Å². The Morgan fingerprint density at radius 3 is 2.67 bits per heavy atom. The molecule has 1 aliphatic rings. The summed E-state index contributed by atoms with van der Waals surface area (Å²) in [6.45, 7) is 3.27. The number of halogens is 1. The van der Waals surface area contributed by atoms with Gasteiger partial charge >= 0.3 is 0 Å². The smallest absolute Gasteiger partial charge is 0.273 e. The van der Waals surface area contributed by atoms with Crippen LogP contribution in [-0.2, 0) is 6.42 Å². The van der Waals surface area contributed by atoms with Crippen LogP contribution in [0.3, 0.4) is 0 Å². The van der Waals surface area contributed by atoms with Crippen LogP contribution in [0.4, 0.5) is 0 Å². The Morgan fingerprint density at radius 1 is 1.24 bits per heavy atom. The third kappa shape index (κ3) is 4.03. The summed E-state index contributed by atoms with van der Waals surface area (Å²) in [5.41, 5.74) is 1.81. The van der Waals surface area contributed by atoms with Gasteiger partial charge in [0.1, 0.15) is 5.69 Å². The molecule has 2 heterocycles. The van der Waals surface area contributed by atoms with Gasteiger partial charge in [-0.15, -0.1) is 23.7 Å². The zero-order valence-electron chi connectivity index (χ0n) is 11.6. The maximum absolute atomic E-state index is 12.3. The first-order valence-electron chi connectivity index (χ1n) is 6.81. The number of aromatic nitrogens is 1. The molecular weight excluding hydrogens is 306 g/mol. The molecule has 2 aromatic rings. The number of carbonyl (C=O) groups is 1. The number of carbonyl (C=O) groups excluding carboxylic acids is 1. The minimum atomic E-state index is 0. The SMILES string of the molecule is Cl.O=C(c1csc(Cc2ccccc2)n1)N1CCNCC1. The molecule has 0 bridgehead atoms. The Morgan fingerprint density at radius 2 is 1.95 bits per heavy atom. The first-order valence-corrected chi connectivity index (χ1v) is 7.69. The lowest BCUT2D eigenvalue weighted by Gasteiger charge is -2.26. The number of nitrogens with one attached hydrogen (secondary N) is 1. The van der Waals surface area contributed by atoms with E-state index in [0.29, 0.717) is 5.69 Å². The molecule has 1 saturated heterocycles. The van der Waals surface area contributed by atoms with Gasteiger partial charge in [-0.3, -0.25) is 4.79 Å². The van der Waals surface area contributed by atoms with Gasteiger partial charge in [-0.2, -0.15) is 0 Å². The predicted molar refractivity (Wildman–Crippen MR) is 87.4 cm³/mol. The lowest BCUT2D eigenvalue weighted by molar-refractivity contribution is 0.0730. The largest absolute Gasteiger partial charge is 0.335 e. The summed E-state index contributed by atoms with van der Waals surface area (Å²) < 4.78 is 0. The second kappa shape index (κ2) is 7.54. The third-order valence-electron chi connectivity index (χ3n) is 3.37. The van der Waals surface area contributed by atoms with E-state index in [1.807, 2.05) is 28.5 Å². The van der Waals surface area contributed by atoms with Gasteiger partial charge in [0.05, 0.1) is 5.01 Å². The molecule has 21 heavy (non-hydrogen) atoms. The summed E-state index contributed by atoms with van der Waals surface area (Å²) in [7, 11) is 0. The van der Waals surface area contributed by atoms with E-state index in [9.17, 15) is 4.79 Å². The zero-order chi connectivity index (χ0) is 13.8. The molecule has 0 radical (unpaired) electrons. The monoisotopic (exact) mass is 323 g/mol. The molecule has 0 aliphatic carbocycles. The summed E-state index contributed by atoms with van der Waals surface area (Å²) in [6.07, 6.45) is 0.792. The second-order valence-electron chi connectivity index (χ2n) is 4.83. The molecule has 1 amide bonds. The summed E-state index contributed by atoms with van der Waals surface area (Å²) in [6, 6.07) is 10.2. The van der Waals surface area contributed by atoms with Crippen LogP contribution in [0.15, 0.2) is 35.7 Å². The quantitative estimate of drug-likeness (QED) is 0.942. The Balaban J connectivity index is 0.00000161. The van der Waals surface area contributed by atoms with Gasteiger partial charge in [0.25, 0.3) is 5.91 Å². The third-order valence-corrected chi connectivity index (χ3v) is 4.22. The maximum Gasteiger partial charge on any atom is 0.273 e. The van der Waals surface area contributed by atoms with Crippen molar-refractivity contribution >= 4 is 29.7 Å². The van der Waals surface area contributed by atoms with E-state index in [1.165, 1.54) is 5.56 Å². The lowest BCUT2D eigenvalue weighted by atomic mass is 10.2. The molecule has 1 aromatic heterocycles. The van der Waals surface area contributed by atoms with Crippen LogP contribution in [0.5, 0.6) is 0 Å². The molecule has 4 nitrogen and oxygen atoms in total. The molecule has 1 N–H and O–H groups in total. The van der Waals surface area contributed by atoms with E-state index in [4.69, 9.17) is 0 Å². The molecule has 6 heteroatoms. The molecule has 1 aliphatic heterocycles. The van der Waals surface area contributed by atoms with Gasteiger partial charge in [-0.25, -0.2) is 4.98 Å². The van der Waals surface area contributed by atoms with Crippen LogP contribution in [0.25, 0.3) is 0 Å². The second-order valence-corrected chi connectivity index (χ2v) is 5.77. The lowest BCUT2D eigenvalue weighted by Crippen LogP contribution is -2.46. The van der Waals surface area contributed by atoms with Crippen molar-refractivity contribution in [2.45, 2.75) is 6.42 Å². The number of hydrogen-bond acceptors (Lipinski definition) is 4. The van der Waals surface area contributed by atoms with Crippen molar-refractivity contribution in [1.29, 1.82) is 0 Å². The molecular formula is C15H18ClN3OS. The minimum absolute atomic E-state index is 0.